The molecule has 8 heteroatoms. The highest BCUT2D eigenvalue weighted by Crippen LogP contribution is 2.20. The van der Waals surface area contributed by atoms with Gasteiger partial charge in [-0.1, -0.05) is 0 Å². The second-order valence-electron chi connectivity index (χ2n) is 4.39. The van der Waals surface area contributed by atoms with E-state index < -0.39 is 11.8 Å². The summed E-state index contributed by atoms with van der Waals surface area (Å²) in [5, 5.41) is 2.96. The fraction of sp³-hybridized carbons (Fsp3) is 0.615. The van der Waals surface area contributed by atoms with Crippen LogP contribution < -0.4 is 5.32 Å². The van der Waals surface area contributed by atoms with Crippen LogP contribution in [0.25, 0.3) is 0 Å². The van der Waals surface area contributed by atoms with Gasteiger partial charge in [0.05, 0.1) is 18.9 Å². The largest absolute Gasteiger partial charge is 0.383 e. The molecule has 0 aliphatic heterocycles. The third kappa shape index (κ3) is 5.41. The molecule has 1 heterocycles. The number of carbonyl (C=O) groups is 2. The Morgan fingerprint density at radius 1 is 1.19 bits per heavy atom. The molecule has 0 aliphatic carbocycles. The average molecular weight is 315 g/mol. The van der Waals surface area contributed by atoms with Gasteiger partial charge in [-0.25, -0.2) is 4.98 Å². The van der Waals surface area contributed by atoms with Gasteiger partial charge in [0.15, 0.2) is 5.13 Å². The molecule has 1 aromatic heterocycles. The molecule has 0 fully saturated rings. The predicted octanol–water partition coefficient (Wildman–Crippen LogP) is 0.820. The van der Waals surface area contributed by atoms with Crippen molar-refractivity contribution in [2.75, 3.05) is 45.8 Å². The van der Waals surface area contributed by atoms with Gasteiger partial charge < -0.3 is 14.4 Å². The molecule has 0 atom stereocenters. The molecule has 0 bridgehead atoms. The summed E-state index contributed by atoms with van der Waals surface area (Å²) in [6.07, 6.45) is 0. The molecule has 0 saturated carbocycles. The summed E-state index contributed by atoms with van der Waals surface area (Å²) < 4.78 is 9.89. The zero-order chi connectivity index (χ0) is 15.8. The van der Waals surface area contributed by atoms with Gasteiger partial charge in [0, 0.05) is 32.2 Å². The Balaban J connectivity index is 2.65. The van der Waals surface area contributed by atoms with Crippen LogP contribution >= 0.6 is 11.3 Å². The van der Waals surface area contributed by atoms with E-state index in [9.17, 15) is 9.59 Å². The van der Waals surface area contributed by atoms with Crippen LogP contribution in [0.15, 0.2) is 0 Å². The van der Waals surface area contributed by atoms with Crippen molar-refractivity contribution < 1.29 is 19.1 Å². The number of amides is 2. The lowest BCUT2D eigenvalue weighted by Crippen LogP contribution is -2.43. The molecular formula is C13H21N3O4S. The molecule has 0 spiro atoms. The zero-order valence-electron chi connectivity index (χ0n) is 12.8. The maximum absolute atomic E-state index is 12.1. The van der Waals surface area contributed by atoms with Crippen molar-refractivity contribution in [3.63, 3.8) is 0 Å². The maximum atomic E-state index is 12.1. The van der Waals surface area contributed by atoms with Crippen molar-refractivity contribution in [2.45, 2.75) is 13.8 Å². The minimum absolute atomic E-state index is 0.335. The maximum Gasteiger partial charge on any atom is 0.315 e. The Labute approximate surface area is 128 Å². The molecule has 7 nitrogen and oxygen atoms in total. The summed E-state index contributed by atoms with van der Waals surface area (Å²) in [4.78, 5) is 30.7. The number of anilines is 1. The third-order valence-electron chi connectivity index (χ3n) is 2.86. The van der Waals surface area contributed by atoms with E-state index >= 15 is 0 Å². The lowest BCUT2D eigenvalue weighted by Gasteiger charge is -2.20. The van der Waals surface area contributed by atoms with Crippen LogP contribution in [0.3, 0.4) is 0 Å². The summed E-state index contributed by atoms with van der Waals surface area (Å²) in [5.74, 6) is -1.31. The number of rotatable bonds is 7. The van der Waals surface area contributed by atoms with E-state index in [1.165, 1.54) is 16.2 Å². The first-order valence-corrected chi connectivity index (χ1v) is 7.33. The van der Waals surface area contributed by atoms with Crippen LogP contribution in [0.1, 0.15) is 10.6 Å². The second kappa shape index (κ2) is 8.71. The fourth-order valence-corrected chi connectivity index (χ4v) is 2.35. The van der Waals surface area contributed by atoms with E-state index in [4.69, 9.17) is 9.47 Å². The van der Waals surface area contributed by atoms with Crippen LogP contribution in [0.5, 0.6) is 0 Å². The second-order valence-corrected chi connectivity index (χ2v) is 5.60. The highest BCUT2D eigenvalue weighted by atomic mass is 32.1. The Morgan fingerprint density at radius 3 is 2.19 bits per heavy atom. The molecule has 1 aromatic rings. The van der Waals surface area contributed by atoms with Crippen LogP contribution in [-0.2, 0) is 19.1 Å². The SMILES string of the molecule is COCCN(CCOC)C(=O)C(=O)Nc1nc(C)c(C)s1. The van der Waals surface area contributed by atoms with Crippen LogP contribution in [0, 0.1) is 13.8 Å². The number of nitrogens with one attached hydrogen (secondary N) is 1. The zero-order valence-corrected chi connectivity index (χ0v) is 13.6. The number of hydrogen-bond donors (Lipinski definition) is 1. The molecule has 0 unspecified atom stereocenters. The summed E-state index contributed by atoms with van der Waals surface area (Å²) in [6, 6.07) is 0. The van der Waals surface area contributed by atoms with Gasteiger partial charge in [-0.15, -0.1) is 11.3 Å². The van der Waals surface area contributed by atoms with Crippen LogP contribution in [0.4, 0.5) is 5.13 Å². The van der Waals surface area contributed by atoms with E-state index in [2.05, 4.69) is 10.3 Å². The third-order valence-corrected chi connectivity index (χ3v) is 3.85. The van der Waals surface area contributed by atoms with Crippen LogP contribution in [-0.4, -0.2) is 62.2 Å². The number of thiazole rings is 1. The molecule has 1 N–H and O–H groups in total. The molecule has 21 heavy (non-hydrogen) atoms. The molecule has 0 aromatic carbocycles. The minimum atomic E-state index is -0.698. The molecular weight excluding hydrogens is 294 g/mol. The predicted molar refractivity (Wildman–Crippen MR) is 80.5 cm³/mol. The van der Waals surface area contributed by atoms with Gasteiger partial charge in [0.2, 0.25) is 0 Å². The molecule has 0 aliphatic rings. The highest BCUT2D eigenvalue weighted by molar-refractivity contribution is 7.15. The molecule has 0 radical (unpaired) electrons. The average Bonchev–Trinajstić information content (AvgIpc) is 2.76. The van der Waals surface area contributed by atoms with Crippen molar-refractivity contribution in [2.24, 2.45) is 0 Å². The van der Waals surface area contributed by atoms with Crippen LogP contribution in [0.2, 0.25) is 0 Å². The first-order valence-electron chi connectivity index (χ1n) is 6.51. The van der Waals surface area contributed by atoms with Crippen molar-refractivity contribution >= 4 is 28.3 Å². The van der Waals surface area contributed by atoms with Crippen molar-refractivity contribution in [1.29, 1.82) is 0 Å². The lowest BCUT2D eigenvalue weighted by molar-refractivity contribution is -0.144. The smallest absolute Gasteiger partial charge is 0.315 e. The van der Waals surface area contributed by atoms with Gasteiger partial charge in [-0.3, -0.25) is 14.9 Å². The standard InChI is InChI=1S/C13H21N3O4S/c1-9-10(2)21-13(14-9)15-11(17)12(18)16(5-7-19-3)6-8-20-4/h5-8H2,1-4H3,(H,14,15,17). The molecule has 118 valence electrons. The van der Waals surface area contributed by atoms with Gasteiger partial charge in [0.25, 0.3) is 0 Å². The quantitative estimate of drug-likeness (QED) is 0.754. The lowest BCUT2D eigenvalue weighted by atomic mass is 10.4. The van der Waals surface area contributed by atoms with Crippen molar-refractivity contribution in [3.8, 4) is 0 Å². The van der Waals surface area contributed by atoms with Gasteiger partial charge in [-0.05, 0) is 13.8 Å². The monoisotopic (exact) mass is 315 g/mol. The number of hydrogen-bond acceptors (Lipinski definition) is 6. The number of methoxy groups -OCH3 is 2. The number of aromatic nitrogens is 1. The van der Waals surface area contributed by atoms with Crippen molar-refractivity contribution in [1.82, 2.24) is 9.88 Å². The molecule has 0 saturated heterocycles. The Bertz CT molecular complexity index is 462. The van der Waals surface area contributed by atoms with Gasteiger partial charge >= 0.3 is 11.8 Å². The summed E-state index contributed by atoms with van der Waals surface area (Å²) >= 11 is 1.34. The normalized spacial score (nSPS) is 10.5. The van der Waals surface area contributed by atoms with Crippen molar-refractivity contribution in [3.05, 3.63) is 10.6 Å². The first kappa shape index (κ1) is 17.5. The van der Waals surface area contributed by atoms with Gasteiger partial charge in [0.1, 0.15) is 0 Å². The number of carbonyl (C=O) groups excluding carboxylic acids is 2. The Morgan fingerprint density at radius 2 is 1.76 bits per heavy atom. The summed E-state index contributed by atoms with van der Waals surface area (Å²) in [5.41, 5.74) is 0.846. The van der Waals surface area contributed by atoms with E-state index in [-0.39, 0.29) is 0 Å². The van der Waals surface area contributed by atoms with E-state index in [0.717, 1.165) is 10.6 Å². The number of nitrogens with zero attached hydrogens (tertiary/aromatic N) is 2. The molecule has 2 amide bonds. The Hall–Kier alpha value is -1.51. The minimum Gasteiger partial charge on any atom is -0.383 e. The number of ether oxygens (including phenoxy) is 2. The van der Waals surface area contributed by atoms with E-state index in [1.807, 2.05) is 13.8 Å². The number of aryl methyl sites for hydroxylation is 2. The summed E-state index contributed by atoms with van der Waals surface area (Å²) in [7, 11) is 3.08. The summed E-state index contributed by atoms with van der Waals surface area (Å²) in [6.45, 7) is 5.15. The molecule has 1 rings (SSSR count). The first-order chi connectivity index (χ1) is 9.99. The topological polar surface area (TPSA) is 80.8 Å². The highest BCUT2D eigenvalue weighted by Gasteiger charge is 2.22. The van der Waals surface area contributed by atoms with E-state index in [1.54, 1.807) is 14.2 Å². The Kier molecular flexibility index (Phi) is 7.27. The fourth-order valence-electron chi connectivity index (χ4n) is 1.54. The van der Waals surface area contributed by atoms with E-state index in [0.29, 0.717) is 31.4 Å². The van der Waals surface area contributed by atoms with Gasteiger partial charge in [-0.2, -0.15) is 0 Å².